The van der Waals surface area contributed by atoms with Gasteiger partial charge in [0.1, 0.15) is 48.8 Å². The molecule has 0 aliphatic carbocycles. The average molecular weight is 342 g/mol. The molecule has 23 heavy (non-hydrogen) atoms. The summed E-state index contributed by atoms with van der Waals surface area (Å²) in [6.45, 7) is -1.33. The van der Waals surface area contributed by atoms with E-state index in [0.717, 1.165) is 0 Å². The van der Waals surface area contributed by atoms with Crippen LogP contribution in [-0.4, -0.2) is 115 Å². The van der Waals surface area contributed by atoms with Gasteiger partial charge in [0.15, 0.2) is 12.6 Å². The van der Waals surface area contributed by atoms with Crippen LogP contribution < -0.4 is 0 Å². The molecule has 6 unspecified atom stereocenters. The summed E-state index contributed by atoms with van der Waals surface area (Å²) in [7, 11) is 0. The minimum atomic E-state index is -1.72. The lowest BCUT2D eigenvalue weighted by atomic mass is 9.98. The van der Waals surface area contributed by atoms with Crippen molar-refractivity contribution in [2.24, 2.45) is 0 Å². The Labute approximate surface area is 130 Å². The summed E-state index contributed by atoms with van der Waals surface area (Å²) in [5.74, 6) is 0. The maximum atomic E-state index is 9.84. The summed E-state index contributed by atoms with van der Waals surface area (Å²) < 4.78 is 15.3. The van der Waals surface area contributed by atoms with E-state index in [1.807, 2.05) is 0 Å². The van der Waals surface area contributed by atoms with E-state index >= 15 is 0 Å². The second kappa shape index (κ2) is 7.63. The highest BCUT2D eigenvalue weighted by molar-refractivity contribution is 4.92. The molecule has 0 radical (unpaired) electrons. The van der Waals surface area contributed by atoms with E-state index < -0.39 is 74.6 Å². The molecule has 0 saturated carbocycles. The SMILES string of the molecule is OCC1O[C@H](O[C@H]2OC(CO)[C@@H](O)C(O)C2O)C(O)[C@@H](O)C1O. The summed E-state index contributed by atoms with van der Waals surface area (Å²) in [5, 5.41) is 76.4. The lowest BCUT2D eigenvalue weighted by Crippen LogP contribution is -2.63. The Morgan fingerprint density at radius 3 is 1.22 bits per heavy atom. The first kappa shape index (κ1) is 18.9. The van der Waals surface area contributed by atoms with Gasteiger partial charge < -0.3 is 55.1 Å². The summed E-state index contributed by atoms with van der Waals surface area (Å²) in [6, 6.07) is 0. The van der Waals surface area contributed by atoms with Crippen molar-refractivity contribution in [3.63, 3.8) is 0 Å². The van der Waals surface area contributed by atoms with E-state index in [4.69, 9.17) is 24.4 Å². The van der Waals surface area contributed by atoms with Crippen LogP contribution in [0.2, 0.25) is 0 Å². The number of ether oxygens (including phenoxy) is 3. The Morgan fingerprint density at radius 1 is 0.565 bits per heavy atom. The number of hydrogen-bond acceptors (Lipinski definition) is 11. The molecule has 11 nitrogen and oxygen atoms in total. The normalized spacial score (nSPS) is 51.7. The smallest absolute Gasteiger partial charge is 0.189 e. The number of rotatable bonds is 4. The highest BCUT2D eigenvalue weighted by Crippen LogP contribution is 2.27. The van der Waals surface area contributed by atoms with E-state index in [1.165, 1.54) is 0 Å². The van der Waals surface area contributed by atoms with Crippen LogP contribution >= 0.6 is 0 Å². The van der Waals surface area contributed by atoms with Crippen LogP contribution in [0.4, 0.5) is 0 Å². The third-order valence-corrected chi connectivity index (χ3v) is 3.97. The van der Waals surface area contributed by atoms with Gasteiger partial charge in [0.05, 0.1) is 13.2 Å². The minimum Gasteiger partial charge on any atom is -0.394 e. The number of hydrogen-bond donors (Lipinski definition) is 8. The Hall–Kier alpha value is -0.440. The lowest BCUT2D eigenvalue weighted by molar-refractivity contribution is -0.376. The molecule has 136 valence electrons. The Bertz CT molecular complexity index is 344. The van der Waals surface area contributed by atoms with Crippen LogP contribution in [0.1, 0.15) is 0 Å². The van der Waals surface area contributed by atoms with Gasteiger partial charge in [-0.15, -0.1) is 0 Å². The fraction of sp³-hybridized carbons (Fsp3) is 1.00. The topological polar surface area (TPSA) is 190 Å². The molecule has 2 aliphatic heterocycles. The standard InChI is InChI=1S/C12H22O11/c13-1-3-5(15)7(17)9(19)11(21-3)23-12-10(20)8(18)6(16)4(2-14)22-12/h3-20H,1-2H2/t3?,4?,5-,6?,7?,8+,9?,10?,11-,12-/m1/s1. The van der Waals surface area contributed by atoms with Crippen LogP contribution in [0.5, 0.6) is 0 Å². The molecule has 2 heterocycles. The summed E-state index contributed by atoms with van der Waals surface area (Å²) in [5.41, 5.74) is 0. The highest BCUT2D eigenvalue weighted by atomic mass is 16.8. The average Bonchev–Trinajstić information content (AvgIpc) is 2.55. The van der Waals surface area contributed by atoms with Crippen molar-refractivity contribution >= 4 is 0 Å². The molecule has 0 bridgehead atoms. The quantitative estimate of drug-likeness (QED) is 0.243. The van der Waals surface area contributed by atoms with Gasteiger partial charge in [0.2, 0.25) is 0 Å². The van der Waals surface area contributed by atoms with Crippen molar-refractivity contribution < 1.29 is 55.1 Å². The number of aliphatic hydroxyl groups excluding tert-OH is 8. The molecule has 10 atom stereocenters. The second-order valence-electron chi connectivity index (χ2n) is 5.53. The summed E-state index contributed by atoms with van der Waals surface area (Å²) >= 11 is 0. The van der Waals surface area contributed by atoms with Gasteiger partial charge in [-0.2, -0.15) is 0 Å². The predicted molar refractivity (Wildman–Crippen MR) is 68.6 cm³/mol. The van der Waals surface area contributed by atoms with E-state index in [1.54, 1.807) is 0 Å². The first-order valence-corrected chi connectivity index (χ1v) is 7.08. The van der Waals surface area contributed by atoms with Gasteiger partial charge >= 0.3 is 0 Å². The van der Waals surface area contributed by atoms with Crippen molar-refractivity contribution in [1.29, 1.82) is 0 Å². The van der Waals surface area contributed by atoms with Gasteiger partial charge in [0.25, 0.3) is 0 Å². The first-order chi connectivity index (χ1) is 10.8. The molecule has 11 heteroatoms. The summed E-state index contributed by atoms with van der Waals surface area (Å²) in [6.07, 6.45) is -15.6. The molecule has 0 aromatic rings. The van der Waals surface area contributed by atoms with Gasteiger partial charge in [-0.3, -0.25) is 0 Å². The zero-order valence-corrected chi connectivity index (χ0v) is 12.0. The van der Waals surface area contributed by atoms with Gasteiger partial charge in [0, 0.05) is 0 Å². The molecule has 0 aromatic carbocycles. The molecule has 0 aromatic heterocycles. The molecule has 0 spiro atoms. The maximum absolute atomic E-state index is 9.84. The Morgan fingerprint density at radius 2 is 0.913 bits per heavy atom. The lowest BCUT2D eigenvalue weighted by Gasteiger charge is -2.44. The van der Waals surface area contributed by atoms with Crippen LogP contribution in [-0.2, 0) is 14.2 Å². The molecular weight excluding hydrogens is 320 g/mol. The van der Waals surface area contributed by atoms with Gasteiger partial charge in [-0.05, 0) is 0 Å². The minimum absolute atomic E-state index is 0.667. The molecule has 2 fully saturated rings. The molecular formula is C12H22O11. The van der Waals surface area contributed by atoms with E-state index in [9.17, 15) is 30.6 Å². The fourth-order valence-electron chi connectivity index (χ4n) is 2.49. The van der Waals surface area contributed by atoms with E-state index in [-0.39, 0.29) is 0 Å². The zero-order chi connectivity index (χ0) is 17.3. The van der Waals surface area contributed by atoms with Crippen molar-refractivity contribution in [2.75, 3.05) is 13.2 Å². The molecule has 0 amide bonds. The third-order valence-electron chi connectivity index (χ3n) is 3.97. The number of aliphatic hydroxyl groups is 8. The van der Waals surface area contributed by atoms with Gasteiger partial charge in [-0.1, -0.05) is 0 Å². The van der Waals surface area contributed by atoms with Crippen LogP contribution in [0.3, 0.4) is 0 Å². The van der Waals surface area contributed by atoms with Gasteiger partial charge in [-0.25, -0.2) is 0 Å². The largest absolute Gasteiger partial charge is 0.394 e. The monoisotopic (exact) mass is 342 g/mol. The van der Waals surface area contributed by atoms with Crippen molar-refractivity contribution in [2.45, 2.75) is 61.4 Å². The van der Waals surface area contributed by atoms with Crippen molar-refractivity contribution in [1.82, 2.24) is 0 Å². The van der Waals surface area contributed by atoms with Crippen molar-refractivity contribution in [3.05, 3.63) is 0 Å². The first-order valence-electron chi connectivity index (χ1n) is 7.08. The molecule has 2 saturated heterocycles. The zero-order valence-electron chi connectivity index (χ0n) is 12.0. The third kappa shape index (κ3) is 3.65. The van der Waals surface area contributed by atoms with E-state index in [2.05, 4.69) is 0 Å². The molecule has 2 rings (SSSR count). The van der Waals surface area contributed by atoms with Crippen molar-refractivity contribution in [3.8, 4) is 0 Å². The Balaban J connectivity index is 2.07. The predicted octanol–water partition coefficient (Wildman–Crippen LogP) is -5.40. The highest BCUT2D eigenvalue weighted by Gasteiger charge is 2.49. The van der Waals surface area contributed by atoms with Crippen LogP contribution in [0.15, 0.2) is 0 Å². The Kier molecular flexibility index (Phi) is 6.27. The second-order valence-corrected chi connectivity index (χ2v) is 5.53. The molecule has 8 N–H and O–H groups in total. The van der Waals surface area contributed by atoms with E-state index in [0.29, 0.717) is 0 Å². The van der Waals surface area contributed by atoms with Crippen LogP contribution in [0, 0.1) is 0 Å². The summed E-state index contributed by atoms with van der Waals surface area (Å²) in [4.78, 5) is 0. The maximum Gasteiger partial charge on any atom is 0.189 e. The van der Waals surface area contributed by atoms with Crippen LogP contribution in [0.25, 0.3) is 0 Å². The molecule has 2 aliphatic rings. The fourth-order valence-corrected chi connectivity index (χ4v) is 2.49.